The van der Waals surface area contributed by atoms with Crippen LogP contribution in [0.2, 0.25) is 0 Å². The first-order valence-corrected chi connectivity index (χ1v) is 10.2. The standard InChI is InChI=1S/C23H30N2O4/c1-4-28-20-9-6-18(7-10-20)17-24-12-14-25(15-13-24)23(26)19-8-11-21(27-3)22(16-19)29-5-2/h6-11,16H,4-5,12-15,17H2,1-3H3. The predicted molar refractivity (Wildman–Crippen MR) is 113 cm³/mol. The molecule has 2 aromatic carbocycles. The van der Waals surface area contributed by atoms with E-state index < -0.39 is 0 Å². The molecule has 1 amide bonds. The first kappa shape index (κ1) is 21.0. The Labute approximate surface area is 173 Å². The topological polar surface area (TPSA) is 51.2 Å². The fourth-order valence-corrected chi connectivity index (χ4v) is 3.49. The van der Waals surface area contributed by atoms with Crippen molar-refractivity contribution in [3.63, 3.8) is 0 Å². The zero-order valence-electron chi connectivity index (χ0n) is 17.5. The van der Waals surface area contributed by atoms with Gasteiger partial charge in [0.2, 0.25) is 0 Å². The molecule has 2 aromatic rings. The zero-order chi connectivity index (χ0) is 20.6. The number of benzene rings is 2. The maximum Gasteiger partial charge on any atom is 0.254 e. The zero-order valence-corrected chi connectivity index (χ0v) is 17.5. The number of carbonyl (C=O) groups is 1. The molecule has 1 aliphatic rings. The van der Waals surface area contributed by atoms with Gasteiger partial charge < -0.3 is 19.1 Å². The number of rotatable bonds is 8. The van der Waals surface area contributed by atoms with Crippen molar-refractivity contribution in [1.82, 2.24) is 9.80 Å². The second kappa shape index (κ2) is 10.2. The van der Waals surface area contributed by atoms with Crippen LogP contribution in [0, 0.1) is 0 Å². The molecular weight excluding hydrogens is 368 g/mol. The molecule has 1 saturated heterocycles. The molecule has 6 nitrogen and oxygen atoms in total. The number of hydrogen-bond donors (Lipinski definition) is 0. The quantitative estimate of drug-likeness (QED) is 0.682. The van der Waals surface area contributed by atoms with E-state index in [0.29, 0.717) is 43.4 Å². The van der Waals surface area contributed by atoms with Crippen molar-refractivity contribution < 1.29 is 19.0 Å². The van der Waals surface area contributed by atoms with Crippen molar-refractivity contribution >= 4 is 5.91 Å². The minimum atomic E-state index is 0.0364. The molecule has 1 fully saturated rings. The first-order valence-electron chi connectivity index (χ1n) is 10.2. The monoisotopic (exact) mass is 398 g/mol. The van der Waals surface area contributed by atoms with E-state index in [-0.39, 0.29) is 5.91 Å². The minimum Gasteiger partial charge on any atom is -0.494 e. The summed E-state index contributed by atoms with van der Waals surface area (Å²) >= 11 is 0. The molecule has 0 radical (unpaired) electrons. The van der Waals surface area contributed by atoms with Gasteiger partial charge in [0.15, 0.2) is 11.5 Å². The lowest BCUT2D eigenvalue weighted by Gasteiger charge is -2.35. The van der Waals surface area contributed by atoms with E-state index in [0.717, 1.165) is 25.4 Å². The largest absolute Gasteiger partial charge is 0.494 e. The molecule has 6 heteroatoms. The number of ether oxygens (including phenoxy) is 3. The molecule has 0 aliphatic carbocycles. The number of nitrogens with zero attached hydrogens (tertiary/aromatic N) is 2. The summed E-state index contributed by atoms with van der Waals surface area (Å²) in [5.41, 5.74) is 1.89. The van der Waals surface area contributed by atoms with E-state index >= 15 is 0 Å². The molecule has 0 bridgehead atoms. The van der Waals surface area contributed by atoms with E-state index in [1.165, 1.54) is 5.56 Å². The lowest BCUT2D eigenvalue weighted by atomic mass is 10.1. The number of carbonyl (C=O) groups excluding carboxylic acids is 1. The summed E-state index contributed by atoms with van der Waals surface area (Å²) in [6.45, 7) is 9.12. The number of piperazine rings is 1. The van der Waals surface area contributed by atoms with Crippen LogP contribution in [0.3, 0.4) is 0 Å². The Morgan fingerprint density at radius 3 is 2.21 bits per heavy atom. The highest BCUT2D eigenvalue weighted by Crippen LogP contribution is 2.28. The summed E-state index contributed by atoms with van der Waals surface area (Å²) in [4.78, 5) is 17.2. The van der Waals surface area contributed by atoms with Gasteiger partial charge in [-0.15, -0.1) is 0 Å². The van der Waals surface area contributed by atoms with E-state index in [1.807, 2.05) is 30.9 Å². The van der Waals surface area contributed by atoms with Gasteiger partial charge in [-0.2, -0.15) is 0 Å². The summed E-state index contributed by atoms with van der Waals surface area (Å²) in [6.07, 6.45) is 0. The maximum atomic E-state index is 12.9. The van der Waals surface area contributed by atoms with Crippen molar-refractivity contribution in [3.8, 4) is 17.2 Å². The molecule has 0 saturated carbocycles. The van der Waals surface area contributed by atoms with Gasteiger partial charge in [0.1, 0.15) is 5.75 Å². The third-order valence-corrected chi connectivity index (χ3v) is 5.01. The van der Waals surface area contributed by atoms with Gasteiger partial charge in [-0.1, -0.05) is 12.1 Å². The van der Waals surface area contributed by atoms with Crippen LogP contribution >= 0.6 is 0 Å². The molecule has 0 unspecified atom stereocenters. The van der Waals surface area contributed by atoms with Crippen LogP contribution in [-0.2, 0) is 6.54 Å². The van der Waals surface area contributed by atoms with E-state index in [2.05, 4.69) is 17.0 Å². The predicted octanol–water partition coefficient (Wildman–Crippen LogP) is 3.45. The molecular formula is C23H30N2O4. The van der Waals surface area contributed by atoms with Gasteiger partial charge in [0.25, 0.3) is 5.91 Å². The minimum absolute atomic E-state index is 0.0364. The van der Waals surface area contributed by atoms with Crippen molar-refractivity contribution in [2.24, 2.45) is 0 Å². The summed E-state index contributed by atoms with van der Waals surface area (Å²) in [6, 6.07) is 13.6. The van der Waals surface area contributed by atoms with Gasteiger partial charge in [0.05, 0.1) is 20.3 Å². The normalized spacial score (nSPS) is 14.5. The number of amides is 1. The maximum absolute atomic E-state index is 12.9. The van der Waals surface area contributed by atoms with Crippen molar-refractivity contribution in [1.29, 1.82) is 0 Å². The third kappa shape index (κ3) is 5.41. The van der Waals surface area contributed by atoms with Crippen LogP contribution in [0.5, 0.6) is 17.2 Å². The van der Waals surface area contributed by atoms with Crippen molar-refractivity contribution in [2.45, 2.75) is 20.4 Å². The molecule has 1 aliphatic heterocycles. The van der Waals surface area contributed by atoms with Gasteiger partial charge in [-0.3, -0.25) is 9.69 Å². The summed E-state index contributed by atoms with van der Waals surface area (Å²) in [5, 5.41) is 0. The number of hydrogen-bond acceptors (Lipinski definition) is 5. The van der Waals surface area contributed by atoms with Crippen LogP contribution in [0.4, 0.5) is 0 Å². The Balaban J connectivity index is 1.56. The lowest BCUT2D eigenvalue weighted by molar-refractivity contribution is 0.0628. The summed E-state index contributed by atoms with van der Waals surface area (Å²) < 4.78 is 16.4. The first-order chi connectivity index (χ1) is 14.1. The Morgan fingerprint density at radius 2 is 1.59 bits per heavy atom. The van der Waals surface area contributed by atoms with Crippen LogP contribution in [0.1, 0.15) is 29.8 Å². The highest BCUT2D eigenvalue weighted by Gasteiger charge is 2.23. The smallest absolute Gasteiger partial charge is 0.254 e. The molecule has 1 heterocycles. The Hall–Kier alpha value is -2.73. The highest BCUT2D eigenvalue weighted by atomic mass is 16.5. The highest BCUT2D eigenvalue weighted by molar-refractivity contribution is 5.95. The Kier molecular flexibility index (Phi) is 7.36. The van der Waals surface area contributed by atoms with E-state index in [1.54, 1.807) is 25.3 Å². The van der Waals surface area contributed by atoms with Gasteiger partial charge in [0, 0.05) is 38.3 Å². The molecule has 0 spiro atoms. The molecule has 0 aromatic heterocycles. The fourth-order valence-electron chi connectivity index (χ4n) is 3.49. The third-order valence-electron chi connectivity index (χ3n) is 5.01. The van der Waals surface area contributed by atoms with Crippen molar-refractivity contribution in [2.75, 3.05) is 46.5 Å². The van der Waals surface area contributed by atoms with E-state index in [4.69, 9.17) is 14.2 Å². The SMILES string of the molecule is CCOc1ccc(CN2CCN(C(=O)c3ccc(OC)c(OCC)c3)CC2)cc1. The second-order valence-electron chi connectivity index (χ2n) is 6.94. The molecule has 0 N–H and O–H groups in total. The molecule has 3 rings (SSSR count). The Bertz CT molecular complexity index is 799. The summed E-state index contributed by atoms with van der Waals surface area (Å²) in [5.74, 6) is 2.19. The van der Waals surface area contributed by atoms with Crippen LogP contribution < -0.4 is 14.2 Å². The average Bonchev–Trinajstić information content (AvgIpc) is 2.75. The summed E-state index contributed by atoms with van der Waals surface area (Å²) in [7, 11) is 1.60. The van der Waals surface area contributed by atoms with Crippen LogP contribution in [0.25, 0.3) is 0 Å². The molecule has 156 valence electrons. The fraction of sp³-hybridized carbons (Fsp3) is 0.435. The Morgan fingerprint density at radius 1 is 0.897 bits per heavy atom. The second-order valence-corrected chi connectivity index (χ2v) is 6.94. The molecule has 0 atom stereocenters. The van der Waals surface area contributed by atoms with Crippen LogP contribution in [0.15, 0.2) is 42.5 Å². The number of methoxy groups -OCH3 is 1. The van der Waals surface area contributed by atoms with Gasteiger partial charge >= 0.3 is 0 Å². The lowest BCUT2D eigenvalue weighted by Crippen LogP contribution is -2.48. The van der Waals surface area contributed by atoms with Crippen molar-refractivity contribution in [3.05, 3.63) is 53.6 Å². The van der Waals surface area contributed by atoms with Crippen LogP contribution in [-0.4, -0.2) is 62.2 Å². The average molecular weight is 399 g/mol. The van der Waals surface area contributed by atoms with E-state index in [9.17, 15) is 4.79 Å². The molecule has 29 heavy (non-hydrogen) atoms. The van der Waals surface area contributed by atoms with Gasteiger partial charge in [-0.25, -0.2) is 0 Å². The van der Waals surface area contributed by atoms with Gasteiger partial charge in [-0.05, 0) is 49.7 Å².